The molecule has 0 unspecified atom stereocenters. The summed E-state index contributed by atoms with van der Waals surface area (Å²) in [4.78, 5) is 0. The Balaban J connectivity index is 1.79. The Hall–Kier alpha value is -0.400. The van der Waals surface area contributed by atoms with Crippen LogP contribution in [0.15, 0.2) is 18.2 Å². The molecule has 1 saturated carbocycles. The average molecular weight is 273 g/mol. The molecule has 0 heterocycles. The summed E-state index contributed by atoms with van der Waals surface area (Å²) in [5, 5.41) is 1.31. The minimum absolute atomic E-state index is 0.637. The number of benzene rings is 1. The molecule has 2 rings (SSSR count). The van der Waals surface area contributed by atoms with Crippen molar-refractivity contribution in [1.29, 1.82) is 0 Å². The summed E-state index contributed by atoms with van der Waals surface area (Å²) in [6, 6.07) is 5.34. The van der Waals surface area contributed by atoms with E-state index in [1.807, 2.05) is 0 Å². The van der Waals surface area contributed by atoms with Gasteiger partial charge in [-0.3, -0.25) is 0 Å². The first kappa shape index (κ1) is 13.0. The molecule has 1 nitrogen and oxygen atoms in total. The van der Waals surface area contributed by atoms with Gasteiger partial charge < -0.3 is 4.74 Å². The largest absolute Gasteiger partial charge is 0.492 e. The average Bonchev–Trinajstić information content (AvgIpc) is 2.35. The van der Waals surface area contributed by atoms with Crippen LogP contribution >= 0.6 is 23.2 Å². The van der Waals surface area contributed by atoms with Crippen LogP contribution in [-0.2, 0) is 0 Å². The van der Waals surface area contributed by atoms with E-state index in [1.54, 1.807) is 18.2 Å². The van der Waals surface area contributed by atoms with E-state index >= 15 is 0 Å². The Labute approximate surface area is 113 Å². The highest BCUT2D eigenvalue weighted by atomic mass is 35.5. The maximum absolute atomic E-state index is 6.03. The molecule has 94 valence electrons. The van der Waals surface area contributed by atoms with E-state index in [0.717, 1.165) is 18.9 Å². The van der Waals surface area contributed by atoms with Crippen molar-refractivity contribution in [3.8, 4) is 5.75 Å². The van der Waals surface area contributed by atoms with Crippen molar-refractivity contribution < 1.29 is 4.74 Å². The van der Waals surface area contributed by atoms with Gasteiger partial charge in [0.1, 0.15) is 5.75 Å². The van der Waals surface area contributed by atoms with Crippen LogP contribution in [0.3, 0.4) is 0 Å². The Kier molecular flexibility index (Phi) is 4.99. The molecule has 0 aliphatic heterocycles. The summed E-state index contributed by atoms with van der Waals surface area (Å²) in [7, 11) is 0. The summed E-state index contributed by atoms with van der Waals surface area (Å²) in [6.07, 6.45) is 7.99. The molecule has 1 aromatic rings. The topological polar surface area (TPSA) is 9.23 Å². The molecule has 1 aromatic carbocycles. The van der Waals surface area contributed by atoms with Gasteiger partial charge in [-0.25, -0.2) is 0 Å². The summed E-state index contributed by atoms with van der Waals surface area (Å²) >= 11 is 11.9. The van der Waals surface area contributed by atoms with Gasteiger partial charge in [0, 0.05) is 11.1 Å². The molecule has 0 N–H and O–H groups in total. The second kappa shape index (κ2) is 6.51. The minimum atomic E-state index is 0.637. The van der Waals surface area contributed by atoms with Gasteiger partial charge in [0.25, 0.3) is 0 Å². The van der Waals surface area contributed by atoms with Crippen molar-refractivity contribution in [3.63, 3.8) is 0 Å². The lowest BCUT2D eigenvalue weighted by molar-refractivity contribution is 0.246. The van der Waals surface area contributed by atoms with Crippen molar-refractivity contribution in [2.45, 2.75) is 38.5 Å². The van der Waals surface area contributed by atoms with Gasteiger partial charge in [-0.1, -0.05) is 55.3 Å². The maximum atomic E-state index is 6.03. The fourth-order valence-corrected chi connectivity index (χ4v) is 2.73. The van der Waals surface area contributed by atoms with Crippen LogP contribution in [0, 0.1) is 5.92 Å². The summed E-state index contributed by atoms with van der Waals surface area (Å²) in [5.41, 5.74) is 0. The first-order valence-corrected chi connectivity index (χ1v) is 7.09. The third-order valence-electron chi connectivity index (χ3n) is 3.40. The second-order valence-corrected chi connectivity index (χ2v) is 5.56. The molecule has 0 saturated heterocycles. The Morgan fingerprint density at radius 1 is 1.12 bits per heavy atom. The van der Waals surface area contributed by atoms with Crippen molar-refractivity contribution in [1.82, 2.24) is 0 Å². The smallest absolute Gasteiger partial charge is 0.139 e. The third kappa shape index (κ3) is 4.08. The van der Waals surface area contributed by atoms with Gasteiger partial charge in [-0.15, -0.1) is 0 Å². The quantitative estimate of drug-likeness (QED) is 0.719. The summed E-state index contributed by atoms with van der Waals surface area (Å²) in [5.74, 6) is 1.54. The highest BCUT2D eigenvalue weighted by Gasteiger charge is 2.13. The monoisotopic (exact) mass is 272 g/mol. The number of hydrogen-bond acceptors (Lipinski definition) is 1. The predicted molar refractivity (Wildman–Crippen MR) is 73.1 cm³/mol. The Morgan fingerprint density at radius 2 is 1.88 bits per heavy atom. The van der Waals surface area contributed by atoms with Crippen molar-refractivity contribution in [2.75, 3.05) is 6.61 Å². The molecule has 0 spiro atoms. The Morgan fingerprint density at radius 3 is 2.65 bits per heavy atom. The van der Waals surface area contributed by atoms with Crippen LogP contribution in [-0.4, -0.2) is 6.61 Å². The van der Waals surface area contributed by atoms with Crippen molar-refractivity contribution in [2.24, 2.45) is 5.92 Å². The fourth-order valence-electron chi connectivity index (χ4n) is 2.40. The van der Waals surface area contributed by atoms with Crippen LogP contribution in [0.4, 0.5) is 0 Å². The number of halogens is 2. The zero-order valence-electron chi connectivity index (χ0n) is 9.92. The van der Waals surface area contributed by atoms with Gasteiger partial charge in [0.2, 0.25) is 0 Å². The van der Waals surface area contributed by atoms with Crippen LogP contribution in [0.2, 0.25) is 10.0 Å². The van der Waals surface area contributed by atoms with Crippen molar-refractivity contribution in [3.05, 3.63) is 28.2 Å². The van der Waals surface area contributed by atoms with E-state index in [4.69, 9.17) is 27.9 Å². The zero-order valence-corrected chi connectivity index (χ0v) is 11.4. The third-order valence-corrected chi connectivity index (χ3v) is 3.95. The van der Waals surface area contributed by atoms with Gasteiger partial charge in [0.05, 0.1) is 11.6 Å². The zero-order chi connectivity index (χ0) is 12.1. The van der Waals surface area contributed by atoms with Gasteiger partial charge >= 0.3 is 0 Å². The molecule has 17 heavy (non-hydrogen) atoms. The molecule has 0 aromatic heterocycles. The standard InChI is InChI=1S/C14H18Cl2O/c15-12-6-7-13(16)14(10-12)17-9-8-11-4-2-1-3-5-11/h6-7,10-11H,1-5,8-9H2. The van der Waals surface area contributed by atoms with Crippen LogP contribution in [0.25, 0.3) is 0 Å². The van der Waals surface area contributed by atoms with Gasteiger partial charge in [-0.05, 0) is 24.5 Å². The van der Waals surface area contributed by atoms with E-state index in [0.29, 0.717) is 15.8 Å². The molecule has 0 amide bonds. The van der Waals surface area contributed by atoms with E-state index in [-0.39, 0.29) is 0 Å². The molecule has 1 fully saturated rings. The highest BCUT2D eigenvalue weighted by Crippen LogP contribution is 2.29. The lowest BCUT2D eigenvalue weighted by Crippen LogP contribution is -2.10. The molecule has 1 aliphatic rings. The van der Waals surface area contributed by atoms with Crippen LogP contribution in [0.5, 0.6) is 5.75 Å². The summed E-state index contributed by atoms with van der Waals surface area (Å²) in [6.45, 7) is 0.741. The van der Waals surface area contributed by atoms with E-state index in [2.05, 4.69) is 0 Å². The van der Waals surface area contributed by atoms with E-state index < -0.39 is 0 Å². The molecule has 0 bridgehead atoms. The molecule has 0 atom stereocenters. The van der Waals surface area contributed by atoms with Gasteiger partial charge in [0.15, 0.2) is 0 Å². The van der Waals surface area contributed by atoms with Crippen LogP contribution < -0.4 is 4.74 Å². The van der Waals surface area contributed by atoms with E-state index in [1.165, 1.54) is 32.1 Å². The lowest BCUT2D eigenvalue weighted by Gasteiger charge is -2.21. The first-order valence-electron chi connectivity index (χ1n) is 6.33. The predicted octanol–water partition coefficient (Wildman–Crippen LogP) is 5.34. The number of hydrogen-bond donors (Lipinski definition) is 0. The SMILES string of the molecule is Clc1ccc(Cl)c(OCCC2CCCCC2)c1. The molecule has 0 radical (unpaired) electrons. The fraction of sp³-hybridized carbons (Fsp3) is 0.571. The van der Waals surface area contributed by atoms with E-state index in [9.17, 15) is 0 Å². The molecule has 3 heteroatoms. The second-order valence-electron chi connectivity index (χ2n) is 4.72. The number of ether oxygens (including phenoxy) is 1. The maximum Gasteiger partial charge on any atom is 0.139 e. The lowest BCUT2D eigenvalue weighted by atomic mass is 9.87. The molecular weight excluding hydrogens is 255 g/mol. The highest BCUT2D eigenvalue weighted by molar-refractivity contribution is 6.34. The Bertz CT molecular complexity index is 359. The first-order chi connectivity index (χ1) is 8.25. The minimum Gasteiger partial charge on any atom is -0.492 e. The van der Waals surface area contributed by atoms with Crippen LogP contribution in [0.1, 0.15) is 38.5 Å². The normalized spacial score (nSPS) is 17.1. The van der Waals surface area contributed by atoms with Gasteiger partial charge in [-0.2, -0.15) is 0 Å². The summed E-state index contributed by atoms with van der Waals surface area (Å²) < 4.78 is 5.70. The molecular formula is C14H18Cl2O. The number of rotatable bonds is 4. The molecule has 1 aliphatic carbocycles. The van der Waals surface area contributed by atoms with Crippen molar-refractivity contribution >= 4 is 23.2 Å².